The number of thiophene rings is 1. The van der Waals surface area contributed by atoms with Crippen LogP contribution >= 0.6 is 54.8 Å². The minimum absolute atomic E-state index is 0.208. The Morgan fingerprint density at radius 1 is 1.40 bits per heavy atom. The van der Waals surface area contributed by atoms with Crippen LogP contribution < -0.4 is 5.56 Å². The van der Waals surface area contributed by atoms with E-state index in [1.54, 1.807) is 0 Å². The van der Waals surface area contributed by atoms with Crippen LogP contribution in [0, 0.1) is 0 Å². The number of aromatic nitrogens is 2. The third-order valence-corrected chi connectivity index (χ3v) is 4.68. The summed E-state index contributed by atoms with van der Waals surface area (Å²) in [7, 11) is 0. The zero-order valence-corrected chi connectivity index (χ0v) is 11.8. The average molecular weight is 370 g/mol. The van der Waals surface area contributed by atoms with Crippen molar-refractivity contribution in [1.29, 1.82) is 0 Å². The fraction of sp³-hybridized carbons (Fsp3) is 0. The summed E-state index contributed by atoms with van der Waals surface area (Å²) in [4.78, 5) is 18.9. The molecule has 0 bridgehead atoms. The summed E-state index contributed by atoms with van der Waals surface area (Å²) in [5.74, 6) is 0.515. The van der Waals surface area contributed by atoms with Gasteiger partial charge in [-0.15, -0.1) is 11.3 Å². The first-order valence-corrected chi connectivity index (χ1v) is 6.56. The van der Waals surface area contributed by atoms with E-state index in [4.69, 9.17) is 11.6 Å². The third-order valence-electron chi connectivity index (χ3n) is 1.63. The summed E-state index contributed by atoms with van der Waals surface area (Å²) in [6, 6.07) is 1.82. The molecule has 2 heterocycles. The first kappa shape index (κ1) is 11.3. The van der Waals surface area contributed by atoms with Gasteiger partial charge in [0.25, 0.3) is 5.56 Å². The number of nitrogens with one attached hydrogen (secondary N) is 1. The summed E-state index contributed by atoms with van der Waals surface area (Å²) in [6.45, 7) is 0. The molecule has 2 aromatic heterocycles. The molecule has 1 N–H and O–H groups in total. The van der Waals surface area contributed by atoms with Crippen molar-refractivity contribution in [2.75, 3.05) is 0 Å². The van der Waals surface area contributed by atoms with Gasteiger partial charge in [-0.3, -0.25) is 4.79 Å². The lowest BCUT2D eigenvalue weighted by Crippen LogP contribution is -2.08. The van der Waals surface area contributed by atoms with Crippen molar-refractivity contribution in [3.63, 3.8) is 0 Å². The SMILES string of the molecule is O=c1[nH]c(-c2cc(Br)c(Cl)s2)ncc1Br. The van der Waals surface area contributed by atoms with Crippen LogP contribution in [0.25, 0.3) is 10.7 Å². The normalized spacial score (nSPS) is 10.6. The Balaban J connectivity index is 2.54. The zero-order chi connectivity index (χ0) is 11.0. The maximum absolute atomic E-state index is 11.3. The smallest absolute Gasteiger partial charge is 0.265 e. The predicted octanol–water partition coefficient (Wildman–Crippen LogP) is 3.68. The van der Waals surface area contributed by atoms with E-state index in [2.05, 4.69) is 41.8 Å². The molecule has 2 rings (SSSR count). The van der Waals surface area contributed by atoms with E-state index >= 15 is 0 Å². The van der Waals surface area contributed by atoms with Crippen molar-refractivity contribution in [1.82, 2.24) is 9.97 Å². The van der Waals surface area contributed by atoms with E-state index < -0.39 is 0 Å². The Hall–Kier alpha value is -0.170. The molecule has 78 valence electrons. The molecule has 0 fully saturated rings. The summed E-state index contributed by atoms with van der Waals surface area (Å²) < 4.78 is 1.85. The number of hydrogen-bond donors (Lipinski definition) is 1. The highest BCUT2D eigenvalue weighted by Gasteiger charge is 2.09. The Morgan fingerprint density at radius 3 is 2.67 bits per heavy atom. The van der Waals surface area contributed by atoms with Crippen LogP contribution in [0.2, 0.25) is 4.34 Å². The monoisotopic (exact) mass is 368 g/mol. The van der Waals surface area contributed by atoms with E-state index in [0.29, 0.717) is 14.6 Å². The highest BCUT2D eigenvalue weighted by Crippen LogP contribution is 2.36. The van der Waals surface area contributed by atoms with Crippen LogP contribution in [0.5, 0.6) is 0 Å². The van der Waals surface area contributed by atoms with E-state index in [-0.39, 0.29) is 5.56 Å². The van der Waals surface area contributed by atoms with Gasteiger partial charge in [0, 0.05) is 10.7 Å². The Bertz CT molecular complexity index is 547. The number of nitrogens with zero attached hydrogens (tertiary/aromatic N) is 1. The van der Waals surface area contributed by atoms with Gasteiger partial charge in [-0.05, 0) is 37.9 Å². The van der Waals surface area contributed by atoms with Crippen LogP contribution in [0.1, 0.15) is 0 Å². The number of halogens is 3. The molecule has 0 saturated heterocycles. The second-order valence-corrected chi connectivity index (χ2v) is 6.00. The Labute approximate surface area is 111 Å². The Kier molecular flexibility index (Phi) is 3.30. The fourth-order valence-corrected chi connectivity index (χ4v) is 2.82. The lowest BCUT2D eigenvalue weighted by Gasteiger charge is -1.95. The molecule has 0 radical (unpaired) electrons. The number of aromatic amines is 1. The first-order chi connectivity index (χ1) is 7.08. The molecule has 15 heavy (non-hydrogen) atoms. The molecule has 0 unspecified atom stereocenters. The van der Waals surface area contributed by atoms with Gasteiger partial charge in [0.05, 0.1) is 4.88 Å². The van der Waals surface area contributed by atoms with Crippen LogP contribution in [-0.2, 0) is 0 Å². The van der Waals surface area contributed by atoms with Gasteiger partial charge in [-0.25, -0.2) is 4.98 Å². The molecule has 0 amide bonds. The summed E-state index contributed by atoms with van der Waals surface area (Å²) in [5.41, 5.74) is -0.208. The maximum Gasteiger partial charge on any atom is 0.265 e. The van der Waals surface area contributed by atoms with Crippen molar-refractivity contribution in [2.24, 2.45) is 0 Å². The van der Waals surface area contributed by atoms with Crippen LogP contribution in [-0.4, -0.2) is 9.97 Å². The fourth-order valence-electron chi connectivity index (χ4n) is 0.968. The molecule has 0 saturated carbocycles. The molecular formula is C8H3Br2ClN2OS. The lowest BCUT2D eigenvalue weighted by atomic mass is 10.4. The number of H-pyrrole nitrogens is 1. The van der Waals surface area contributed by atoms with Gasteiger partial charge in [-0.2, -0.15) is 0 Å². The lowest BCUT2D eigenvalue weighted by molar-refractivity contribution is 1.12. The third kappa shape index (κ3) is 2.33. The summed E-state index contributed by atoms with van der Waals surface area (Å²) in [5, 5.41) is 0. The molecule has 3 nitrogen and oxygen atoms in total. The second kappa shape index (κ2) is 4.37. The average Bonchev–Trinajstić information content (AvgIpc) is 2.52. The first-order valence-electron chi connectivity index (χ1n) is 3.78. The predicted molar refractivity (Wildman–Crippen MR) is 68.6 cm³/mol. The van der Waals surface area contributed by atoms with Gasteiger partial charge >= 0.3 is 0 Å². The molecular weight excluding hydrogens is 367 g/mol. The minimum Gasteiger partial charge on any atom is -0.305 e. The van der Waals surface area contributed by atoms with Crippen molar-refractivity contribution < 1.29 is 0 Å². The molecule has 0 aromatic carbocycles. The van der Waals surface area contributed by atoms with E-state index in [1.807, 2.05) is 6.07 Å². The van der Waals surface area contributed by atoms with Gasteiger partial charge in [-0.1, -0.05) is 11.6 Å². The standard InChI is InChI=1S/C8H3Br2ClN2OS/c9-3-1-5(15-6(3)11)7-12-2-4(10)8(14)13-7/h1-2H,(H,12,13,14). The van der Waals surface area contributed by atoms with Crippen LogP contribution in [0.3, 0.4) is 0 Å². The topological polar surface area (TPSA) is 45.8 Å². The van der Waals surface area contributed by atoms with Crippen molar-refractivity contribution in [2.45, 2.75) is 0 Å². The van der Waals surface area contributed by atoms with E-state index in [9.17, 15) is 4.79 Å². The maximum atomic E-state index is 11.3. The highest BCUT2D eigenvalue weighted by molar-refractivity contribution is 9.10. The summed E-state index contributed by atoms with van der Waals surface area (Å²) >= 11 is 13.6. The van der Waals surface area contributed by atoms with E-state index in [0.717, 1.165) is 9.35 Å². The molecule has 0 aliphatic rings. The highest BCUT2D eigenvalue weighted by atomic mass is 79.9. The summed E-state index contributed by atoms with van der Waals surface area (Å²) in [6.07, 6.45) is 1.47. The number of rotatable bonds is 1. The molecule has 0 aliphatic heterocycles. The molecule has 0 aliphatic carbocycles. The van der Waals surface area contributed by atoms with Gasteiger partial charge < -0.3 is 4.98 Å². The Morgan fingerprint density at radius 2 is 2.13 bits per heavy atom. The molecule has 0 atom stereocenters. The van der Waals surface area contributed by atoms with Crippen molar-refractivity contribution in [3.8, 4) is 10.7 Å². The zero-order valence-electron chi connectivity index (χ0n) is 7.05. The molecule has 2 aromatic rings. The van der Waals surface area contributed by atoms with Gasteiger partial charge in [0.15, 0.2) is 0 Å². The van der Waals surface area contributed by atoms with E-state index in [1.165, 1.54) is 17.5 Å². The molecule has 0 spiro atoms. The van der Waals surface area contributed by atoms with Crippen LogP contribution in [0.15, 0.2) is 26.0 Å². The second-order valence-electron chi connectivity index (χ2n) is 2.64. The number of hydrogen-bond acceptors (Lipinski definition) is 3. The van der Waals surface area contributed by atoms with Gasteiger partial charge in [0.1, 0.15) is 14.6 Å². The quantitative estimate of drug-likeness (QED) is 0.832. The van der Waals surface area contributed by atoms with Gasteiger partial charge in [0.2, 0.25) is 0 Å². The van der Waals surface area contributed by atoms with Crippen LogP contribution in [0.4, 0.5) is 0 Å². The minimum atomic E-state index is -0.208. The molecule has 7 heteroatoms. The van der Waals surface area contributed by atoms with Crippen molar-refractivity contribution in [3.05, 3.63) is 35.9 Å². The van der Waals surface area contributed by atoms with Crippen molar-refractivity contribution >= 4 is 54.8 Å². The largest absolute Gasteiger partial charge is 0.305 e.